The molecule has 0 unspecified atom stereocenters. The molecule has 0 radical (unpaired) electrons. The number of pyridine rings is 1. The van der Waals surface area contributed by atoms with E-state index in [1.54, 1.807) is 0 Å². The molecule has 0 aromatic carbocycles. The number of likely N-dealkylation sites (tertiary alicyclic amines) is 1. The topological polar surface area (TPSA) is 28.2 Å². The summed E-state index contributed by atoms with van der Waals surface area (Å²) in [5.41, 5.74) is 2.55. The SMILES string of the molecule is CNCC1CCN(Cc2cccnc2C)CC1. The molecule has 1 aliphatic rings. The summed E-state index contributed by atoms with van der Waals surface area (Å²) in [6.07, 6.45) is 4.51. The smallest absolute Gasteiger partial charge is 0.0417 e. The van der Waals surface area contributed by atoms with Crippen molar-refractivity contribution in [2.24, 2.45) is 5.92 Å². The van der Waals surface area contributed by atoms with E-state index in [-0.39, 0.29) is 0 Å². The van der Waals surface area contributed by atoms with Crippen LogP contribution < -0.4 is 5.32 Å². The van der Waals surface area contributed by atoms with Crippen molar-refractivity contribution in [1.29, 1.82) is 0 Å². The van der Waals surface area contributed by atoms with Crippen LogP contribution in [0.1, 0.15) is 24.1 Å². The summed E-state index contributed by atoms with van der Waals surface area (Å²) in [7, 11) is 2.05. The summed E-state index contributed by atoms with van der Waals surface area (Å²) in [6, 6.07) is 4.23. The number of aromatic nitrogens is 1. The van der Waals surface area contributed by atoms with Crippen LogP contribution in [0.25, 0.3) is 0 Å². The van der Waals surface area contributed by atoms with E-state index in [2.05, 4.69) is 28.2 Å². The molecule has 2 heterocycles. The standard InChI is InChI=1S/C14H23N3/c1-12-14(4-3-7-16-12)11-17-8-5-13(6-9-17)10-15-2/h3-4,7,13,15H,5-6,8-11H2,1-2H3. The van der Waals surface area contributed by atoms with Crippen molar-refractivity contribution >= 4 is 0 Å². The van der Waals surface area contributed by atoms with E-state index in [1.807, 2.05) is 19.3 Å². The third kappa shape index (κ3) is 3.51. The monoisotopic (exact) mass is 233 g/mol. The Morgan fingerprint density at radius 2 is 2.18 bits per heavy atom. The lowest BCUT2D eigenvalue weighted by Gasteiger charge is -2.32. The van der Waals surface area contributed by atoms with Gasteiger partial charge in [-0.05, 0) is 64.0 Å². The summed E-state index contributed by atoms with van der Waals surface area (Å²) in [4.78, 5) is 6.90. The molecule has 17 heavy (non-hydrogen) atoms. The molecule has 94 valence electrons. The summed E-state index contributed by atoms with van der Waals surface area (Å²) in [5, 5.41) is 3.28. The highest BCUT2D eigenvalue weighted by Gasteiger charge is 2.18. The normalized spacial score (nSPS) is 18.5. The number of rotatable bonds is 4. The summed E-state index contributed by atoms with van der Waals surface area (Å²) in [5.74, 6) is 0.867. The first-order chi connectivity index (χ1) is 8.29. The molecular weight excluding hydrogens is 210 g/mol. The number of hydrogen-bond donors (Lipinski definition) is 1. The number of hydrogen-bond acceptors (Lipinski definition) is 3. The summed E-state index contributed by atoms with van der Waals surface area (Å²) in [6.45, 7) is 6.77. The van der Waals surface area contributed by atoms with Crippen LogP contribution in [0.3, 0.4) is 0 Å². The van der Waals surface area contributed by atoms with Gasteiger partial charge in [-0.1, -0.05) is 6.07 Å². The minimum atomic E-state index is 0.867. The Labute approximate surface area is 104 Å². The molecule has 1 aromatic heterocycles. The van der Waals surface area contributed by atoms with Crippen molar-refractivity contribution in [3.8, 4) is 0 Å². The molecule has 1 N–H and O–H groups in total. The van der Waals surface area contributed by atoms with Gasteiger partial charge in [0.25, 0.3) is 0 Å². The predicted molar refractivity (Wildman–Crippen MR) is 70.9 cm³/mol. The number of piperidine rings is 1. The lowest BCUT2D eigenvalue weighted by atomic mass is 9.96. The average Bonchev–Trinajstić information content (AvgIpc) is 2.35. The fourth-order valence-electron chi connectivity index (χ4n) is 2.56. The Balaban J connectivity index is 1.84. The van der Waals surface area contributed by atoms with Gasteiger partial charge in [0.05, 0.1) is 0 Å². The quantitative estimate of drug-likeness (QED) is 0.860. The van der Waals surface area contributed by atoms with Crippen LogP contribution in [0.5, 0.6) is 0 Å². The molecule has 2 rings (SSSR count). The molecule has 3 heteroatoms. The second-order valence-electron chi connectivity index (χ2n) is 5.03. The third-order valence-electron chi connectivity index (χ3n) is 3.71. The van der Waals surface area contributed by atoms with Gasteiger partial charge in [0.2, 0.25) is 0 Å². The first-order valence-corrected chi connectivity index (χ1v) is 6.57. The zero-order valence-electron chi connectivity index (χ0n) is 10.9. The molecule has 1 aliphatic heterocycles. The van der Waals surface area contributed by atoms with Crippen molar-refractivity contribution in [3.05, 3.63) is 29.6 Å². The Morgan fingerprint density at radius 3 is 2.82 bits per heavy atom. The Hall–Kier alpha value is -0.930. The molecule has 0 aliphatic carbocycles. The summed E-state index contributed by atoms with van der Waals surface area (Å²) < 4.78 is 0. The maximum Gasteiger partial charge on any atom is 0.0417 e. The molecule has 1 saturated heterocycles. The van der Waals surface area contributed by atoms with Gasteiger partial charge >= 0.3 is 0 Å². The molecule has 1 aromatic rings. The van der Waals surface area contributed by atoms with Crippen molar-refractivity contribution in [3.63, 3.8) is 0 Å². The highest BCUT2D eigenvalue weighted by atomic mass is 15.1. The molecule has 3 nitrogen and oxygen atoms in total. The second-order valence-corrected chi connectivity index (χ2v) is 5.03. The van der Waals surface area contributed by atoms with E-state index >= 15 is 0 Å². The fourth-order valence-corrected chi connectivity index (χ4v) is 2.56. The molecule has 0 saturated carbocycles. The lowest BCUT2D eigenvalue weighted by molar-refractivity contribution is 0.176. The largest absolute Gasteiger partial charge is 0.319 e. The maximum atomic E-state index is 4.35. The first kappa shape index (κ1) is 12.5. The zero-order chi connectivity index (χ0) is 12.1. The van der Waals surface area contributed by atoms with Crippen molar-refractivity contribution < 1.29 is 0 Å². The minimum absolute atomic E-state index is 0.867. The van der Waals surface area contributed by atoms with Crippen LogP contribution in [-0.4, -0.2) is 36.6 Å². The molecule has 0 bridgehead atoms. The molecule has 0 atom stereocenters. The van der Waals surface area contributed by atoms with Gasteiger partial charge in [0, 0.05) is 18.4 Å². The lowest BCUT2D eigenvalue weighted by Crippen LogP contribution is -2.36. The second kappa shape index (κ2) is 6.12. The van der Waals surface area contributed by atoms with Gasteiger partial charge in [-0.3, -0.25) is 9.88 Å². The molecular formula is C14H23N3. The van der Waals surface area contributed by atoms with Crippen LogP contribution in [0, 0.1) is 12.8 Å². The first-order valence-electron chi connectivity index (χ1n) is 6.57. The van der Waals surface area contributed by atoms with Gasteiger partial charge in [-0.25, -0.2) is 0 Å². The molecule has 0 spiro atoms. The van der Waals surface area contributed by atoms with E-state index in [0.717, 1.165) is 12.5 Å². The fraction of sp³-hybridized carbons (Fsp3) is 0.643. The third-order valence-corrected chi connectivity index (χ3v) is 3.71. The number of nitrogens with one attached hydrogen (secondary N) is 1. The Bertz CT molecular complexity index is 343. The van der Waals surface area contributed by atoms with E-state index in [0.29, 0.717) is 0 Å². The van der Waals surface area contributed by atoms with Crippen molar-refractivity contribution in [1.82, 2.24) is 15.2 Å². The number of nitrogens with zero attached hydrogens (tertiary/aromatic N) is 2. The van der Waals surface area contributed by atoms with Gasteiger partial charge in [0.1, 0.15) is 0 Å². The van der Waals surface area contributed by atoms with Crippen LogP contribution >= 0.6 is 0 Å². The van der Waals surface area contributed by atoms with Gasteiger partial charge in [-0.15, -0.1) is 0 Å². The Kier molecular flexibility index (Phi) is 4.51. The van der Waals surface area contributed by atoms with Crippen molar-refractivity contribution in [2.75, 3.05) is 26.7 Å². The highest BCUT2D eigenvalue weighted by Crippen LogP contribution is 2.18. The molecule has 0 amide bonds. The van der Waals surface area contributed by atoms with Crippen LogP contribution in [0.2, 0.25) is 0 Å². The van der Waals surface area contributed by atoms with E-state index in [4.69, 9.17) is 0 Å². The Morgan fingerprint density at radius 1 is 1.41 bits per heavy atom. The predicted octanol–water partition coefficient (Wildman–Crippen LogP) is 1.82. The van der Waals surface area contributed by atoms with Crippen LogP contribution in [0.4, 0.5) is 0 Å². The van der Waals surface area contributed by atoms with E-state index in [9.17, 15) is 0 Å². The van der Waals surface area contributed by atoms with Gasteiger partial charge in [0.15, 0.2) is 0 Å². The van der Waals surface area contributed by atoms with Crippen LogP contribution in [0.15, 0.2) is 18.3 Å². The van der Waals surface area contributed by atoms with Gasteiger partial charge in [-0.2, -0.15) is 0 Å². The number of aryl methyl sites for hydroxylation is 1. The van der Waals surface area contributed by atoms with Crippen molar-refractivity contribution in [2.45, 2.75) is 26.3 Å². The van der Waals surface area contributed by atoms with E-state index < -0.39 is 0 Å². The maximum absolute atomic E-state index is 4.35. The minimum Gasteiger partial charge on any atom is -0.319 e. The summed E-state index contributed by atoms with van der Waals surface area (Å²) >= 11 is 0. The molecule has 1 fully saturated rings. The highest BCUT2D eigenvalue weighted by molar-refractivity contribution is 5.18. The van der Waals surface area contributed by atoms with Crippen LogP contribution in [-0.2, 0) is 6.54 Å². The zero-order valence-corrected chi connectivity index (χ0v) is 10.9. The average molecular weight is 233 g/mol. The van der Waals surface area contributed by atoms with Gasteiger partial charge < -0.3 is 5.32 Å². The van der Waals surface area contributed by atoms with E-state index in [1.165, 1.54) is 43.7 Å².